The molecule has 3 aromatic rings. The van der Waals surface area contributed by atoms with E-state index in [0.717, 1.165) is 27.8 Å². The maximum atomic E-state index is 6.15. The van der Waals surface area contributed by atoms with Crippen molar-refractivity contribution in [2.45, 2.75) is 0 Å². The summed E-state index contributed by atoms with van der Waals surface area (Å²) in [7, 11) is 0. The molecule has 0 aliphatic rings. The first-order chi connectivity index (χ1) is 8.34. The van der Waals surface area contributed by atoms with E-state index in [9.17, 15) is 0 Å². The summed E-state index contributed by atoms with van der Waals surface area (Å²) in [5.74, 6) is 0. The van der Waals surface area contributed by atoms with E-state index < -0.39 is 0 Å². The molecule has 3 nitrogen and oxygen atoms in total. The number of aromatic nitrogens is 1. The van der Waals surface area contributed by atoms with Crippen LogP contribution in [0.4, 0.5) is 17.1 Å². The van der Waals surface area contributed by atoms with Crippen molar-refractivity contribution < 1.29 is 0 Å². The minimum atomic E-state index is 0.760. The summed E-state index contributed by atoms with van der Waals surface area (Å²) in [6.45, 7) is 0. The van der Waals surface area contributed by atoms with Gasteiger partial charge >= 0.3 is 0 Å². The monoisotopic (exact) mass is 241 g/mol. The lowest BCUT2D eigenvalue weighted by Gasteiger charge is -2.10. The molecule has 84 valence electrons. The Labute approximate surface area is 103 Å². The van der Waals surface area contributed by atoms with Crippen LogP contribution in [0.3, 0.4) is 0 Å². The Hall–Kier alpha value is -2.07. The number of nitrogen functional groups attached to an aromatic ring is 1. The van der Waals surface area contributed by atoms with E-state index in [2.05, 4.69) is 15.7 Å². The molecule has 0 saturated carbocycles. The molecule has 0 saturated heterocycles. The third-order valence-corrected chi connectivity index (χ3v) is 3.35. The van der Waals surface area contributed by atoms with E-state index in [0.29, 0.717) is 0 Å². The summed E-state index contributed by atoms with van der Waals surface area (Å²) in [6, 6.07) is 7.97. The molecule has 0 fully saturated rings. The molecule has 3 N–H and O–H groups in total. The number of nitrogens with two attached hydrogens (primary N) is 1. The highest BCUT2D eigenvalue weighted by molar-refractivity contribution is 7.08. The lowest BCUT2D eigenvalue weighted by molar-refractivity contribution is 1.36. The first-order valence-electron chi connectivity index (χ1n) is 5.26. The molecule has 0 aliphatic carbocycles. The number of rotatable bonds is 2. The van der Waals surface area contributed by atoms with Crippen molar-refractivity contribution in [1.29, 1.82) is 0 Å². The minimum Gasteiger partial charge on any atom is -0.397 e. The Morgan fingerprint density at radius 2 is 2.12 bits per heavy atom. The van der Waals surface area contributed by atoms with Gasteiger partial charge < -0.3 is 11.1 Å². The van der Waals surface area contributed by atoms with Crippen LogP contribution in [0.2, 0.25) is 0 Å². The lowest BCUT2D eigenvalue weighted by Crippen LogP contribution is -1.96. The van der Waals surface area contributed by atoms with Crippen LogP contribution >= 0.6 is 11.3 Å². The van der Waals surface area contributed by atoms with Crippen LogP contribution in [0.15, 0.2) is 47.4 Å². The maximum Gasteiger partial charge on any atom is 0.0634 e. The third-order valence-electron chi connectivity index (χ3n) is 2.66. The first kappa shape index (κ1) is 10.1. The van der Waals surface area contributed by atoms with Crippen molar-refractivity contribution in [2.75, 3.05) is 11.1 Å². The fraction of sp³-hybridized carbons (Fsp3) is 0. The summed E-state index contributed by atoms with van der Waals surface area (Å²) in [5.41, 5.74) is 8.91. The number of hydrogen-bond donors (Lipinski definition) is 2. The van der Waals surface area contributed by atoms with E-state index >= 15 is 0 Å². The van der Waals surface area contributed by atoms with Gasteiger partial charge in [0.25, 0.3) is 0 Å². The molecule has 0 radical (unpaired) electrons. The number of nitrogens with zero attached hydrogens (tertiary/aromatic N) is 1. The van der Waals surface area contributed by atoms with E-state index in [1.54, 1.807) is 17.5 Å². The molecule has 2 aromatic heterocycles. The van der Waals surface area contributed by atoms with Crippen LogP contribution in [-0.4, -0.2) is 4.98 Å². The lowest BCUT2D eigenvalue weighted by atomic mass is 10.1. The van der Waals surface area contributed by atoms with Gasteiger partial charge in [0.15, 0.2) is 0 Å². The van der Waals surface area contributed by atoms with Gasteiger partial charge in [0, 0.05) is 34.2 Å². The van der Waals surface area contributed by atoms with Crippen molar-refractivity contribution >= 4 is 39.2 Å². The number of thiophene rings is 1. The minimum absolute atomic E-state index is 0.760. The topological polar surface area (TPSA) is 50.9 Å². The normalized spacial score (nSPS) is 10.6. The van der Waals surface area contributed by atoms with Gasteiger partial charge in [-0.2, -0.15) is 11.3 Å². The van der Waals surface area contributed by atoms with Crippen LogP contribution in [-0.2, 0) is 0 Å². The predicted octanol–water partition coefficient (Wildman–Crippen LogP) is 3.62. The average Bonchev–Trinajstić information content (AvgIpc) is 2.86. The molecule has 0 amide bonds. The molecular weight excluding hydrogens is 230 g/mol. The average molecular weight is 241 g/mol. The summed E-state index contributed by atoms with van der Waals surface area (Å²) in [5, 5.41) is 9.48. The van der Waals surface area contributed by atoms with Gasteiger partial charge in [0.2, 0.25) is 0 Å². The van der Waals surface area contributed by atoms with Gasteiger partial charge in [0.05, 0.1) is 11.4 Å². The van der Waals surface area contributed by atoms with Crippen LogP contribution in [0, 0.1) is 0 Å². The number of fused-ring (bicyclic) bond motifs is 1. The predicted molar refractivity (Wildman–Crippen MR) is 73.8 cm³/mol. The largest absolute Gasteiger partial charge is 0.397 e. The van der Waals surface area contributed by atoms with E-state index in [4.69, 9.17) is 5.73 Å². The first-order valence-corrected chi connectivity index (χ1v) is 6.20. The van der Waals surface area contributed by atoms with Crippen molar-refractivity contribution in [1.82, 2.24) is 4.98 Å². The summed E-state index contributed by atoms with van der Waals surface area (Å²) in [4.78, 5) is 4.09. The number of hydrogen-bond acceptors (Lipinski definition) is 4. The van der Waals surface area contributed by atoms with Gasteiger partial charge in [-0.05, 0) is 23.6 Å². The second-order valence-electron chi connectivity index (χ2n) is 3.76. The van der Waals surface area contributed by atoms with Crippen LogP contribution < -0.4 is 11.1 Å². The zero-order valence-electron chi connectivity index (χ0n) is 9.05. The number of nitrogens with one attached hydrogen (secondary N) is 1. The van der Waals surface area contributed by atoms with Crippen molar-refractivity contribution in [3.05, 3.63) is 47.4 Å². The Bertz CT molecular complexity index is 647. The van der Waals surface area contributed by atoms with Gasteiger partial charge in [-0.3, -0.25) is 4.98 Å². The van der Waals surface area contributed by atoms with Gasteiger partial charge in [-0.25, -0.2) is 0 Å². The number of pyridine rings is 1. The summed E-state index contributed by atoms with van der Waals surface area (Å²) < 4.78 is 0. The number of benzene rings is 1. The van der Waals surface area contributed by atoms with Crippen molar-refractivity contribution in [3.63, 3.8) is 0 Å². The van der Waals surface area contributed by atoms with Crippen LogP contribution in [0.5, 0.6) is 0 Å². The molecule has 0 atom stereocenters. The van der Waals surface area contributed by atoms with E-state index in [1.165, 1.54) is 0 Å². The molecule has 2 heterocycles. The molecule has 0 bridgehead atoms. The standard InChI is InChI=1S/C13H11N3S/c14-13-11-3-5-15-7-9(11)1-2-12(13)16-10-4-6-17-8-10/h1-8,16H,14H2. The van der Waals surface area contributed by atoms with Crippen molar-refractivity contribution in [3.8, 4) is 0 Å². The van der Waals surface area contributed by atoms with Crippen molar-refractivity contribution in [2.24, 2.45) is 0 Å². The molecule has 1 aromatic carbocycles. The molecule has 17 heavy (non-hydrogen) atoms. The highest BCUT2D eigenvalue weighted by Crippen LogP contribution is 2.30. The zero-order valence-corrected chi connectivity index (χ0v) is 9.87. The summed E-state index contributed by atoms with van der Waals surface area (Å²) in [6.07, 6.45) is 3.58. The Morgan fingerprint density at radius 3 is 2.94 bits per heavy atom. The Kier molecular flexibility index (Phi) is 2.42. The number of anilines is 3. The zero-order chi connectivity index (χ0) is 11.7. The fourth-order valence-corrected chi connectivity index (χ4v) is 2.38. The highest BCUT2D eigenvalue weighted by Gasteiger charge is 2.04. The molecule has 0 spiro atoms. The molecule has 3 rings (SSSR count). The Morgan fingerprint density at radius 1 is 1.18 bits per heavy atom. The molecule has 4 heteroatoms. The van der Waals surface area contributed by atoms with E-state index in [1.807, 2.05) is 35.8 Å². The third kappa shape index (κ3) is 1.83. The SMILES string of the molecule is Nc1c(Nc2ccsc2)ccc2cnccc12. The fourth-order valence-electron chi connectivity index (χ4n) is 1.79. The molecule has 0 aliphatic heterocycles. The van der Waals surface area contributed by atoms with Crippen LogP contribution in [0.25, 0.3) is 10.8 Å². The quantitative estimate of drug-likeness (QED) is 0.674. The molecular formula is C13H11N3S. The molecule has 0 unspecified atom stereocenters. The smallest absolute Gasteiger partial charge is 0.0634 e. The maximum absolute atomic E-state index is 6.15. The van der Waals surface area contributed by atoms with E-state index in [-0.39, 0.29) is 0 Å². The van der Waals surface area contributed by atoms with Gasteiger partial charge in [-0.15, -0.1) is 0 Å². The second-order valence-corrected chi connectivity index (χ2v) is 4.54. The summed E-state index contributed by atoms with van der Waals surface area (Å²) >= 11 is 1.66. The second kappa shape index (κ2) is 4.07. The van der Waals surface area contributed by atoms with Crippen LogP contribution in [0.1, 0.15) is 0 Å². The Balaban J connectivity index is 2.09. The highest BCUT2D eigenvalue weighted by atomic mass is 32.1. The van der Waals surface area contributed by atoms with Gasteiger partial charge in [-0.1, -0.05) is 6.07 Å². The van der Waals surface area contributed by atoms with Gasteiger partial charge in [0.1, 0.15) is 0 Å².